The van der Waals surface area contributed by atoms with Gasteiger partial charge in [0.15, 0.2) is 5.78 Å². The van der Waals surface area contributed by atoms with Gasteiger partial charge in [0.2, 0.25) is 0 Å². The molecule has 0 bridgehead atoms. The maximum atomic E-state index is 12.1. The number of rotatable bonds is 6. The first-order valence-corrected chi connectivity index (χ1v) is 8.78. The van der Waals surface area contributed by atoms with Gasteiger partial charge in [-0.2, -0.15) is 10.4 Å². The van der Waals surface area contributed by atoms with Crippen LogP contribution in [0.4, 0.5) is 0 Å². The number of hydrogen-bond acceptors (Lipinski definition) is 6. The van der Waals surface area contributed by atoms with Gasteiger partial charge in [0, 0.05) is 31.5 Å². The summed E-state index contributed by atoms with van der Waals surface area (Å²) < 4.78 is 5.32. The third-order valence-electron chi connectivity index (χ3n) is 4.18. The number of halogens is 1. The lowest BCUT2D eigenvalue weighted by atomic mass is 10.0. The van der Waals surface area contributed by atoms with Crippen LogP contribution >= 0.6 is 11.6 Å². The summed E-state index contributed by atoms with van der Waals surface area (Å²) in [5, 5.41) is 22.5. The van der Waals surface area contributed by atoms with Gasteiger partial charge >= 0.3 is 0 Å². The molecule has 0 saturated heterocycles. The van der Waals surface area contributed by atoms with Crippen LogP contribution in [0.2, 0.25) is 5.02 Å². The van der Waals surface area contributed by atoms with Crippen LogP contribution in [0.5, 0.6) is 0 Å². The molecule has 0 aliphatic heterocycles. The van der Waals surface area contributed by atoms with E-state index in [1.165, 1.54) is 13.0 Å². The first kappa shape index (κ1) is 19.3. The summed E-state index contributed by atoms with van der Waals surface area (Å²) in [4.78, 5) is 23.3. The lowest BCUT2D eigenvalue weighted by molar-refractivity contribution is 0.0948. The lowest BCUT2D eigenvalue weighted by Gasteiger charge is -2.05. The van der Waals surface area contributed by atoms with E-state index in [0.29, 0.717) is 35.0 Å². The first-order valence-electron chi connectivity index (χ1n) is 8.40. The van der Waals surface area contributed by atoms with Gasteiger partial charge < -0.3 is 9.84 Å². The van der Waals surface area contributed by atoms with Crippen LogP contribution in [-0.4, -0.2) is 33.6 Å². The fourth-order valence-corrected chi connectivity index (χ4v) is 2.83. The van der Waals surface area contributed by atoms with Gasteiger partial charge in [-0.25, -0.2) is 0 Å². The molecule has 1 aromatic carbocycles. The Kier molecular flexibility index (Phi) is 5.57. The molecule has 28 heavy (non-hydrogen) atoms. The molecule has 0 saturated carbocycles. The molecule has 0 aliphatic rings. The Labute approximate surface area is 165 Å². The van der Waals surface area contributed by atoms with E-state index in [-0.39, 0.29) is 23.1 Å². The van der Waals surface area contributed by atoms with E-state index in [4.69, 9.17) is 21.4 Å². The molecule has 0 radical (unpaired) electrons. The Morgan fingerprint density at radius 1 is 1.36 bits per heavy atom. The number of H-pyrrole nitrogens is 1. The van der Waals surface area contributed by atoms with Crippen LogP contribution in [-0.2, 0) is 6.42 Å². The zero-order valence-corrected chi connectivity index (χ0v) is 15.9. The van der Waals surface area contributed by atoms with Crippen molar-refractivity contribution in [3.05, 3.63) is 57.6 Å². The van der Waals surface area contributed by atoms with Crippen LogP contribution < -0.4 is 5.32 Å². The third-order valence-corrected chi connectivity index (χ3v) is 4.67. The number of nitriles is 1. The average molecular weight is 398 g/mol. The molecule has 2 heterocycles. The maximum Gasteiger partial charge on any atom is 0.269 e. The summed E-state index contributed by atoms with van der Waals surface area (Å²) in [5.41, 5.74) is 2.95. The summed E-state index contributed by atoms with van der Waals surface area (Å²) in [6, 6.07) is 8.62. The first-order chi connectivity index (χ1) is 13.4. The molecule has 0 atom stereocenters. The number of aromatic amines is 1. The zero-order chi connectivity index (χ0) is 20.3. The molecule has 142 valence electrons. The summed E-state index contributed by atoms with van der Waals surface area (Å²) in [6.45, 7) is 3.50. The molecule has 1 amide bonds. The highest BCUT2D eigenvalue weighted by molar-refractivity contribution is 6.32. The number of carbonyl (C=O) groups excluding carboxylic acids is 2. The largest absolute Gasteiger partial charge is 0.361 e. The van der Waals surface area contributed by atoms with Gasteiger partial charge in [0.05, 0.1) is 10.6 Å². The number of ketones is 1. The quantitative estimate of drug-likeness (QED) is 0.616. The summed E-state index contributed by atoms with van der Waals surface area (Å²) in [7, 11) is 0. The molecule has 0 spiro atoms. The second-order valence-electron chi connectivity index (χ2n) is 6.12. The number of benzene rings is 1. The second kappa shape index (κ2) is 8.06. The van der Waals surface area contributed by atoms with Gasteiger partial charge in [-0.15, -0.1) is 0 Å². The van der Waals surface area contributed by atoms with E-state index in [0.717, 1.165) is 11.1 Å². The molecule has 2 aromatic heterocycles. The zero-order valence-electron chi connectivity index (χ0n) is 15.2. The topological polar surface area (TPSA) is 125 Å². The number of Topliss-reactive ketones (excluding diaryl/α,β-unsaturated/α-hetero) is 1. The summed E-state index contributed by atoms with van der Waals surface area (Å²) >= 11 is 6.20. The number of carbonyl (C=O) groups is 2. The number of nitrogens with one attached hydrogen (secondary N) is 2. The predicted molar refractivity (Wildman–Crippen MR) is 101 cm³/mol. The van der Waals surface area contributed by atoms with Crippen molar-refractivity contribution in [3.8, 4) is 17.3 Å². The van der Waals surface area contributed by atoms with Crippen molar-refractivity contribution in [2.45, 2.75) is 20.3 Å². The Hall–Kier alpha value is -3.44. The minimum absolute atomic E-state index is 0.210. The van der Waals surface area contributed by atoms with Crippen LogP contribution in [0.3, 0.4) is 0 Å². The number of amides is 1. The van der Waals surface area contributed by atoms with Gasteiger partial charge in [0.1, 0.15) is 28.9 Å². The minimum atomic E-state index is -0.366. The van der Waals surface area contributed by atoms with E-state index in [1.807, 2.05) is 13.0 Å². The third kappa shape index (κ3) is 3.94. The molecule has 3 aromatic rings. The van der Waals surface area contributed by atoms with E-state index in [1.54, 1.807) is 18.2 Å². The van der Waals surface area contributed by atoms with Crippen LogP contribution in [0.1, 0.15) is 44.8 Å². The Morgan fingerprint density at radius 2 is 2.14 bits per heavy atom. The fraction of sp³-hybridized carbons (Fsp3) is 0.211. The van der Waals surface area contributed by atoms with Gasteiger partial charge in [-0.1, -0.05) is 22.8 Å². The lowest BCUT2D eigenvalue weighted by Crippen LogP contribution is -2.25. The van der Waals surface area contributed by atoms with Crippen LogP contribution in [0, 0.1) is 18.3 Å². The predicted octanol–water partition coefficient (Wildman–Crippen LogP) is 3.07. The highest BCUT2D eigenvalue weighted by Crippen LogP contribution is 2.30. The van der Waals surface area contributed by atoms with Crippen LogP contribution in [0.25, 0.3) is 11.3 Å². The average Bonchev–Trinajstić information content (AvgIpc) is 3.33. The van der Waals surface area contributed by atoms with E-state index in [2.05, 4.69) is 20.7 Å². The van der Waals surface area contributed by atoms with Crippen molar-refractivity contribution in [1.29, 1.82) is 5.26 Å². The van der Waals surface area contributed by atoms with Gasteiger partial charge in [-0.05, 0) is 24.6 Å². The minimum Gasteiger partial charge on any atom is -0.361 e. The highest BCUT2D eigenvalue weighted by Gasteiger charge is 2.15. The molecule has 3 rings (SSSR count). The van der Waals surface area contributed by atoms with Crippen molar-refractivity contribution >= 4 is 23.3 Å². The molecule has 0 aliphatic carbocycles. The van der Waals surface area contributed by atoms with Gasteiger partial charge in [0.25, 0.3) is 5.91 Å². The smallest absolute Gasteiger partial charge is 0.269 e. The Morgan fingerprint density at radius 3 is 2.82 bits per heavy atom. The summed E-state index contributed by atoms with van der Waals surface area (Å²) in [6.07, 6.45) is 0.426. The van der Waals surface area contributed by atoms with Crippen molar-refractivity contribution in [3.63, 3.8) is 0 Å². The molecule has 9 heteroatoms. The highest BCUT2D eigenvalue weighted by atomic mass is 35.5. The van der Waals surface area contributed by atoms with Crippen LogP contribution in [0.15, 0.2) is 28.8 Å². The SMILES string of the molecule is CC(=O)c1cc(C(=O)NCCc2cc(-c3ccc(C#N)c(Cl)c3C)no2)[nH]n1. The standard InChI is InChI=1S/C19H16ClN5O3/c1-10-14(4-3-12(9-21)18(10)20)16-7-13(28-25-16)5-6-22-19(27)17-8-15(11(2)26)23-24-17/h3-4,7-8H,5-6H2,1-2H3,(H,22,27)(H,23,24). The van der Waals surface area contributed by atoms with Gasteiger partial charge in [-0.3, -0.25) is 14.7 Å². The van der Waals surface area contributed by atoms with E-state index >= 15 is 0 Å². The van der Waals surface area contributed by atoms with Crippen molar-refractivity contribution in [2.24, 2.45) is 0 Å². The van der Waals surface area contributed by atoms with Crippen molar-refractivity contribution in [2.75, 3.05) is 6.54 Å². The fourth-order valence-electron chi connectivity index (χ4n) is 2.62. The number of nitrogens with zero attached hydrogens (tertiary/aromatic N) is 3. The maximum absolute atomic E-state index is 12.1. The Bertz CT molecular complexity index is 1090. The normalized spacial score (nSPS) is 10.5. The molecule has 8 nitrogen and oxygen atoms in total. The molecule has 2 N–H and O–H groups in total. The molecule has 0 unspecified atom stereocenters. The number of hydrogen-bond donors (Lipinski definition) is 2. The van der Waals surface area contributed by atoms with E-state index in [9.17, 15) is 9.59 Å². The number of aromatic nitrogens is 3. The molecule has 0 fully saturated rings. The molecular formula is C19H16ClN5O3. The van der Waals surface area contributed by atoms with E-state index < -0.39 is 0 Å². The molecular weight excluding hydrogens is 382 g/mol. The monoisotopic (exact) mass is 397 g/mol. The van der Waals surface area contributed by atoms with Crippen molar-refractivity contribution in [1.82, 2.24) is 20.7 Å². The Balaban J connectivity index is 1.62. The second-order valence-corrected chi connectivity index (χ2v) is 6.50. The van der Waals surface area contributed by atoms with Crippen molar-refractivity contribution < 1.29 is 14.1 Å². The summed E-state index contributed by atoms with van der Waals surface area (Å²) in [5.74, 6) is 0.00126.